The number of aromatic amines is 1. The number of hydrogen-bond donors (Lipinski definition) is 1. The van der Waals surface area contributed by atoms with Gasteiger partial charge in [-0.2, -0.15) is 9.40 Å². The molecule has 1 amide bonds. The Bertz CT molecular complexity index is 1090. The highest BCUT2D eigenvalue weighted by molar-refractivity contribution is 7.89. The van der Waals surface area contributed by atoms with E-state index in [2.05, 4.69) is 10.2 Å². The van der Waals surface area contributed by atoms with Crippen LogP contribution in [-0.2, 0) is 10.0 Å². The number of ether oxygens (including phenoxy) is 1. The molecule has 13 heteroatoms. The van der Waals surface area contributed by atoms with Crippen molar-refractivity contribution >= 4 is 21.6 Å². The van der Waals surface area contributed by atoms with Gasteiger partial charge in [-0.25, -0.2) is 13.5 Å². The van der Waals surface area contributed by atoms with Crippen LogP contribution in [0.3, 0.4) is 0 Å². The maximum Gasteiger partial charge on any atom is 0.312 e. The molecule has 0 aliphatic carbocycles. The summed E-state index contributed by atoms with van der Waals surface area (Å²) in [6.45, 7) is 0.239. The third-order valence-electron chi connectivity index (χ3n) is 4.41. The summed E-state index contributed by atoms with van der Waals surface area (Å²) in [6, 6.07) is 5.89. The van der Waals surface area contributed by atoms with Crippen LogP contribution in [0.5, 0.6) is 5.75 Å². The number of aromatic nitrogens is 2. The molecule has 1 aliphatic rings. The number of methoxy groups -OCH3 is 1. The number of benzene rings is 1. The lowest BCUT2D eigenvalue weighted by Gasteiger charge is -2.33. The van der Waals surface area contributed by atoms with Crippen molar-refractivity contribution in [2.75, 3.05) is 33.3 Å². The first-order chi connectivity index (χ1) is 13.7. The average molecular weight is 423 g/mol. The van der Waals surface area contributed by atoms with Gasteiger partial charge in [0, 0.05) is 38.3 Å². The summed E-state index contributed by atoms with van der Waals surface area (Å²) in [6.07, 6.45) is 0. The number of piperazine rings is 1. The molecule has 0 radical (unpaired) electrons. The van der Waals surface area contributed by atoms with Crippen LogP contribution in [0.4, 0.5) is 5.69 Å². The topological polar surface area (TPSA) is 156 Å². The number of nitro benzene ring substituents is 1. The fourth-order valence-corrected chi connectivity index (χ4v) is 4.32. The number of H-pyrrole nitrogens is 1. The van der Waals surface area contributed by atoms with Crippen molar-refractivity contribution in [2.45, 2.75) is 4.90 Å². The molecule has 3 rings (SSSR count). The predicted molar refractivity (Wildman–Crippen MR) is 99.2 cm³/mol. The van der Waals surface area contributed by atoms with Crippen LogP contribution in [0.2, 0.25) is 0 Å². The summed E-state index contributed by atoms with van der Waals surface area (Å²) in [5.74, 6) is -0.476. The highest BCUT2D eigenvalue weighted by Crippen LogP contribution is 2.30. The zero-order valence-electron chi connectivity index (χ0n) is 15.3. The zero-order valence-corrected chi connectivity index (χ0v) is 16.1. The molecule has 12 nitrogen and oxygen atoms in total. The van der Waals surface area contributed by atoms with Gasteiger partial charge < -0.3 is 9.64 Å². The molecule has 2 heterocycles. The van der Waals surface area contributed by atoms with Crippen LogP contribution < -0.4 is 10.3 Å². The van der Waals surface area contributed by atoms with Crippen molar-refractivity contribution in [3.63, 3.8) is 0 Å². The van der Waals surface area contributed by atoms with Gasteiger partial charge in [0.15, 0.2) is 5.75 Å². The van der Waals surface area contributed by atoms with E-state index in [1.165, 1.54) is 36.3 Å². The quantitative estimate of drug-likeness (QED) is 0.513. The van der Waals surface area contributed by atoms with E-state index < -0.39 is 32.1 Å². The summed E-state index contributed by atoms with van der Waals surface area (Å²) >= 11 is 0. The molecular weight excluding hydrogens is 406 g/mol. The Balaban J connectivity index is 1.75. The lowest BCUT2D eigenvalue weighted by atomic mass is 10.3. The van der Waals surface area contributed by atoms with Crippen molar-refractivity contribution in [3.05, 3.63) is 56.5 Å². The van der Waals surface area contributed by atoms with E-state index in [-0.39, 0.29) is 42.5 Å². The predicted octanol–water partition coefficient (Wildman–Crippen LogP) is -0.167. The Kier molecular flexibility index (Phi) is 5.61. The van der Waals surface area contributed by atoms with Gasteiger partial charge in [0.25, 0.3) is 11.5 Å². The minimum atomic E-state index is -3.99. The number of rotatable bonds is 5. The second-order valence-corrected chi connectivity index (χ2v) is 8.03. The summed E-state index contributed by atoms with van der Waals surface area (Å²) in [5, 5.41) is 17.0. The van der Waals surface area contributed by atoms with Gasteiger partial charge in [0.05, 0.1) is 16.9 Å². The number of hydrogen-bond acceptors (Lipinski definition) is 8. The van der Waals surface area contributed by atoms with E-state index in [4.69, 9.17) is 4.74 Å². The zero-order chi connectivity index (χ0) is 21.2. The first-order valence-corrected chi connectivity index (χ1v) is 9.85. The molecule has 2 aromatic rings. The molecule has 0 unspecified atom stereocenters. The molecule has 1 saturated heterocycles. The van der Waals surface area contributed by atoms with Crippen LogP contribution in [0.25, 0.3) is 0 Å². The molecule has 0 saturated carbocycles. The molecule has 1 aromatic heterocycles. The number of nitro groups is 1. The summed E-state index contributed by atoms with van der Waals surface area (Å²) in [5.41, 5.74) is -0.843. The maximum absolute atomic E-state index is 12.9. The van der Waals surface area contributed by atoms with Gasteiger partial charge in [-0.1, -0.05) is 0 Å². The first kappa shape index (κ1) is 20.4. The minimum absolute atomic E-state index is 0.0112. The summed E-state index contributed by atoms with van der Waals surface area (Å²) < 4.78 is 31.7. The summed E-state index contributed by atoms with van der Waals surface area (Å²) in [7, 11) is -2.74. The van der Waals surface area contributed by atoms with E-state index >= 15 is 0 Å². The van der Waals surface area contributed by atoms with Crippen LogP contribution >= 0.6 is 0 Å². The largest absolute Gasteiger partial charge is 0.490 e. The SMILES string of the molecule is COc1ccc(S(=O)(=O)N2CCN(C(=O)c3ccc(=O)[nH]n3)CC2)cc1[N+](=O)[O-]. The normalized spacial score (nSPS) is 15.1. The van der Waals surface area contributed by atoms with Crippen LogP contribution in [0.15, 0.2) is 40.0 Å². The third kappa shape index (κ3) is 4.09. The smallest absolute Gasteiger partial charge is 0.312 e. The van der Waals surface area contributed by atoms with Crippen molar-refractivity contribution in [1.29, 1.82) is 0 Å². The Hall–Kier alpha value is -3.32. The number of carbonyl (C=O) groups is 1. The number of amides is 1. The summed E-state index contributed by atoms with van der Waals surface area (Å²) in [4.78, 5) is 35.1. The second kappa shape index (κ2) is 7.97. The highest BCUT2D eigenvalue weighted by atomic mass is 32.2. The molecule has 0 atom stereocenters. The molecule has 0 bridgehead atoms. The fourth-order valence-electron chi connectivity index (χ4n) is 2.88. The standard InChI is InChI=1S/C16H17N5O7S/c1-28-14-4-2-11(10-13(14)21(24)25)29(26,27)20-8-6-19(7-9-20)16(23)12-3-5-15(22)18-17-12/h2-5,10H,6-9H2,1H3,(H,18,22). The molecule has 1 aromatic carbocycles. The van der Waals surface area contributed by atoms with E-state index in [0.29, 0.717) is 0 Å². The Labute approximate surface area is 164 Å². The number of nitrogens with zero attached hydrogens (tertiary/aromatic N) is 4. The van der Waals surface area contributed by atoms with Gasteiger partial charge in [-0.15, -0.1) is 0 Å². The maximum atomic E-state index is 12.9. The lowest BCUT2D eigenvalue weighted by molar-refractivity contribution is -0.386. The van der Waals surface area contributed by atoms with Gasteiger partial charge in [0.1, 0.15) is 5.69 Å². The lowest BCUT2D eigenvalue weighted by Crippen LogP contribution is -2.50. The van der Waals surface area contributed by atoms with Crippen LogP contribution in [-0.4, -0.2) is 71.9 Å². The molecule has 1 N–H and O–H groups in total. The van der Waals surface area contributed by atoms with Gasteiger partial charge in [-0.3, -0.25) is 19.7 Å². The van der Waals surface area contributed by atoms with Crippen molar-refractivity contribution in [2.24, 2.45) is 0 Å². The molecule has 1 fully saturated rings. The monoisotopic (exact) mass is 423 g/mol. The van der Waals surface area contributed by atoms with E-state index in [1.807, 2.05) is 0 Å². The molecule has 1 aliphatic heterocycles. The van der Waals surface area contributed by atoms with Crippen molar-refractivity contribution in [1.82, 2.24) is 19.4 Å². The Morgan fingerprint density at radius 2 is 1.90 bits per heavy atom. The molecule has 0 spiro atoms. The van der Waals surface area contributed by atoms with Crippen LogP contribution in [0, 0.1) is 10.1 Å². The Morgan fingerprint density at radius 3 is 2.45 bits per heavy atom. The minimum Gasteiger partial charge on any atom is -0.490 e. The van der Waals surface area contributed by atoms with E-state index in [1.54, 1.807) is 0 Å². The van der Waals surface area contributed by atoms with Crippen molar-refractivity contribution in [3.8, 4) is 5.75 Å². The van der Waals surface area contributed by atoms with Gasteiger partial charge >= 0.3 is 5.69 Å². The van der Waals surface area contributed by atoms with Gasteiger partial charge in [-0.05, 0) is 18.2 Å². The molecule has 29 heavy (non-hydrogen) atoms. The van der Waals surface area contributed by atoms with E-state index in [0.717, 1.165) is 10.4 Å². The van der Waals surface area contributed by atoms with Crippen LogP contribution in [0.1, 0.15) is 10.5 Å². The average Bonchev–Trinajstić information content (AvgIpc) is 2.73. The van der Waals surface area contributed by atoms with Gasteiger partial charge in [0.2, 0.25) is 10.0 Å². The Morgan fingerprint density at radius 1 is 1.21 bits per heavy atom. The second-order valence-electron chi connectivity index (χ2n) is 6.09. The highest BCUT2D eigenvalue weighted by Gasteiger charge is 2.32. The number of nitrogens with one attached hydrogen (secondary N) is 1. The third-order valence-corrected chi connectivity index (χ3v) is 6.30. The van der Waals surface area contributed by atoms with Crippen molar-refractivity contribution < 1.29 is 22.9 Å². The fraction of sp³-hybridized carbons (Fsp3) is 0.312. The van der Waals surface area contributed by atoms with E-state index in [9.17, 15) is 28.1 Å². The first-order valence-electron chi connectivity index (χ1n) is 8.41. The molecular formula is C16H17N5O7S. The number of sulfonamides is 1. The molecule has 154 valence electrons. The number of carbonyl (C=O) groups excluding carboxylic acids is 1.